The Balaban J connectivity index is 1.48. The van der Waals surface area contributed by atoms with E-state index in [4.69, 9.17) is 4.42 Å². The summed E-state index contributed by atoms with van der Waals surface area (Å²) in [4.78, 5) is 17.6. The van der Waals surface area contributed by atoms with E-state index in [-0.39, 0.29) is 5.91 Å². The molecule has 0 aliphatic rings. The third-order valence-electron chi connectivity index (χ3n) is 4.41. The molecule has 1 N–H and O–H groups in total. The Kier molecular flexibility index (Phi) is 6.82. The molecule has 2 heterocycles. The van der Waals surface area contributed by atoms with Gasteiger partial charge in [-0.3, -0.25) is 4.79 Å². The van der Waals surface area contributed by atoms with Crippen molar-refractivity contribution in [1.29, 1.82) is 0 Å². The summed E-state index contributed by atoms with van der Waals surface area (Å²) in [5.41, 5.74) is 2.66. The molecule has 2 aromatic heterocycles. The fourth-order valence-corrected chi connectivity index (χ4v) is 3.75. The van der Waals surface area contributed by atoms with E-state index in [1.165, 1.54) is 35.3 Å². The number of hydrogen-bond donors (Lipinski definition) is 1. The molecule has 3 rings (SSSR count). The van der Waals surface area contributed by atoms with Gasteiger partial charge in [0.05, 0.1) is 0 Å². The number of unbranched alkanes of at least 4 members (excludes halogenated alkanes) is 1. The number of nitrogens with one attached hydrogen (secondary N) is 1. The van der Waals surface area contributed by atoms with Crippen LogP contribution in [0, 0.1) is 6.92 Å². The van der Waals surface area contributed by atoms with E-state index < -0.39 is 0 Å². The lowest BCUT2D eigenvalue weighted by Gasteiger charge is -2.02. The predicted molar refractivity (Wildman–Crippen MR) is 110 cm³/mol. The van der Waals surface area contributed by atoms with E-state index in [2.05, 4.69) is 41.5 Å². The van der Waals surface area contributed by atoms with Crippen LogP contribution >= 0.6 is 11.3 Å². The first kappa shape index (κ1) is 19.4. The van der Waals surface area contributed by atoms with Crippen molar-refractivity contribution in [3.63, 3.8) is 0 Å². The molecular weight excluding hydrogens is 356 g/mol. The van der Waals surface area contributed by atoms with Crippen LogP contribution in [0.15, 0.2) is 47.0 Å². The maximum Gasteiger partial charge on any atom is 0.226 e. The molecule has 0 aliphatic carbocycles. The van der Waals surface area contributed by atoms with E-state index >= 15 is 0 Å². The first-order valence-corrected chi connectivity index (χ1v) is 10.3. The van der Waals surface area contributed by atoms with Gasteiger partial charge in [0.1, 0.15) is 11.5 Å². The van der Waals surface area contributed by atoms with Crippen molar-refractivity contribution in [3.05, 3.63) is 70.1 Å². The van der Waals surface area contributed by atoms with E-state index in [0.717, 1.165) is 29.2 Å². The Morgan fingerprint density at radius 1 is 1.11 bits per heavy atom. The van der Waals surface area contributed by atoms with E-state index in [0.29, 0.717) is 18.0 Å². The second-order valence-corrected chi connectivity index (χ2v) is 7.90. The zero-order valence-corrected chi connectivity index (χ0v) is 16.8. The minimum Gasteiger partial charge on any atom is -0.466 e. The lowest BCUT2D eigenvalue weighted by molar-refractivity contribution is -0.116. The molecule has 5 heteroatoms. The lowest BCUT2D eigenvalue weighted by atomic mass is 10.0. The van der Waals surface area contributed by atoms with Crippen LogP contribution in [-0.2, 0) is 24.1 Å². The minimum absolute atomic E-state index is 0.0368. The number of hydrogen-bond acceptors (Lipinski definition) is 4. The van der Waals surface area contributed by atoms with Crippen molar-refractivity contribution in [2.75, 3.05) is 5.32 Å². The first-order chi connectivity index (χ1) is 13.1. The van der Waals surface area contributed by atoms with Crippen molar-refractivity contribution in [2.24, 2.45) is 0 Å². The zero-order valence-electron chi connectivity index (χ0n) is 16.0. The first-order valence-electron chi connectivity index (χ1n) is 9.50. The molecule has 4 nitrogen and oxygen atoms in total. The lowest BCUT2D eigenvalue weighted by Crippen LogP contribution is -2.11. The number of anilines is 1. The van der Waals surface area contributed by atoms with Gasteiger partial charge in [-0.2, -0.15) is 0 Å². The fraction of sp³-hybridized carbons (Fsp3) is 0.364. The number of aromatic nitrogens is 1. The van der Waals surface area contributed by atoms with Gasteiger partial charge in [-0.25, -0.2) is 4.98 Å². The standard InChI is InChI=1S/C22H26N2O2S/c1-3-4-5-17-7-9-18(10-8-17)14-20-15-23-22(27-20)24-21(25)13-12-19-11-6-16(2)26-19/h6-11,15H,3-5,12-14H2,1-2H3,(H,23,24,25). The molecular formula is C22H26N2O2S. The van der Waals surface area contributed by atoms with Crippen LogP contribution in [-0.4, -0.2) is 10.9 Å². The van der Waals surface area contributed by atoms with Crippen molar-refractivity contribution in [2.45, 2.75) is 52.4 Å². The Hall–Kier alpha value is -2.40. The van der Waals surface area contributed by atoms with Gasteiger partial charge in [-0.05, 0) is 43.0 Å². The van der Waals surface area contributed by atoms with Crippen molar-refractivity contribution in [1.82, 2.24) is 4.98 Å². The molecule has 0 saturated carbocycles. The largest absolute Gasteiger partial charge is 0.466 e. The summed E-state index contributed by atoms with van der Waals surface area (Å²) in [6, 6.07) is 12.6. The highest BCUT2D eigenvalue weighted by Gasteiger charge is 2.09. The van der Waals surface area contributed by atoms with Crippen LogP contribution in [0.1, 0.15) is 53.7 Å². The molecule has 0 saturated heterocycles. The normalized spacial score (nSPS) is 10.9. The van der Waals surface area contributed by atoms with Crippen molar-refractivity contribution >= 4 is 22.4 Å². The molecule has 0 atom stereocenters. The van der Waals surface area contributed by atoms with Crippen LogP contribution < -0.4 is 5.32 Å². The smallest absolute Gasteiger partial charge is 0.226 e. The van der Waals surface area contributed by atoms with Crippen molar-refractivity contribution < 1.29 is 9.21 Å². The fourth-order valence-electron chi connectivity index (χ4n) is 2.89. The monoisotopic (exact) mass is 382 g/mol. The van der Waals surface area contributed by atoms with Crippen molar-refractivity contribution in [3.8, 4) is 0 Å². The van der Waals surface area contributed by atoms with E-state index in [9.17, 15) is 4.79 Å². The highest BCUT2D eigenvalue weighted by Crippen LogP contribution is 2.22. The van der Waals surface area contributed by atoms with Gasteiger partial charge in [0, 0.05) is 30.3 Å². The second-order valence-electron chi connectivity index (χ2n) is 6.79. The summed E-state index contributed by atoms with van der Waals surface area (Å²) < 4.78 is 5.49. The Bertz CT molecular complexity index is 865. The Labute approximate surface area is 164 Å². The van der Waals surface area contributed by atoms with E-state index in [1.807, 2.05) is 25.3 Å². The SMILES string of the molecule is CCCCc1ccc(Cc2cnc(NC(=O)CCc3ccc(C)o3)s2)cc1. The number of nitrogens with zero attached hydrogens (tertiary/aromatic N) is 1. The average molecular weight is 383 g/mol. The maximum absolute atomic E-state index is 12.1. The van der Waals surface area contributed by atoms with Gasteiger partial charge in [0.25, 0.3) is 0 Å². The predicted octanol–water partition coefficient (Wildman–Crippen LogP) is 5.55. The molecule has 0 bridgehead atoms. The summed E-state index contributed by atoms with van der Waals surface area (Å²) in [6.07, 6.45) is 7.28. The molecule has 0 unspecified atom stereocenters. The molecule has 0 fully saturated rings. The average Bonchev–Trinajstić information content (AvgIpc) is 3.28. The summed E-state index contributed by atoms with van der Waals surface area (Å²) in [5, 5.41) is 3.54. The minimum atomic E-state index is -0.0368. The zero-order chi connectivity index (χ0) is 19.1. The molecule has 1 amide bonds. The van der Waals surface area contributed by atoms with Crippen LogP contribution in [0.5, 0.6) is 0 Å². The summed E-state index contributed by atoms with van der Waals surface area (Å²) in [6.45, 7) is 4.12. The third-order valence-corrected chi connectivity index (χ3v) is 5.33. The van der Waals surface area contributed by atoms with Crippen LogP contribution in [0.4, 0.5) is 5.13 Å². The number of carbonyl (C=O) groups excluding carboxylic acids is 1. The molecule has 0 aliphatic heterocycles. The second kappa shape index (κ2) is 9.51. The van der Waals surface area contributed by atoms with E-state index in [1.54, 1.807) is 0 Å². The topological polar surface area (TPSA) is 55.1 Å². The summed E-state index contributed by atoms with van der Waals surface area (Å²) in [5.74, 6) is 1.67. The highest BCUT2D eigenvalue weighted by atomic mass is 32.1. The number of furan rings is 1. The van der Waals surface area contributed by atoms with Gasteiger partial charge < -0.3 is 9.73 Å². The van der Waals surface area contributed by atoms with Crippen LogP contribution in [0.25, 0.3) is 0 Å². The van der Waals surface area contributed by atoms with Gasteiger partial charge in [-0.1, -0.05) is 37.6 Å². The van der Waals surface area contributed by atoms with Gasteiger partial charge >= 0.3 is 0 Å². The molecule has 1 aromatic carbocycles. The number of carbonyl (C=O) groups is 1. The summed E-state index contributed by atoms with van der Waals surface area (Å²) in [7, 11) is 0. The molecule has 142 valence electrons. The number of amides is 1. The maximum atomic E-state index is 12.1. The molecule has 27 heavy (non-hydrogen) atoms. The third kappa shape index (κ3) is 6.07. The Morgan fingerprint density at radius 2 is 1.89 bits per heavy atom. The number of thiazole rings is 1. The number of rotatable bonds is 9. The van der Waals surface area contributed by atoms with Crippen LogP contribution in [0.3, 0.4) is 0 Å². The molecule has 0 spiro atoms. The van der Waals surface area contributed by atoms with Crippen LogP contribution in [0.2, 0.25) is 0 Å². The Morgan fingerprint density at radius 3 is 2.59 bits per heavy atom. The van der Waals surface area contributed by atoms with Gasteiger partial charge in [0.15, 0.2) is 5.13 Å². The summed E-state index contributed by atoms with van der Waals surface area (Å²) >= 11 is 1.53. The number of benzene rings is 1. The number of aryl methyl sites for hydroxylation is 3. The molecule has 3 aromatic rings. The molecule has 0 radical (unpaired) electrons. The quantitative estimate of drug-likeness (QED) is 0.528. The highest BCUT2D eigenvalue weighted by molar-refractivity contribution is 7.15. The van der Waals surface area contributed by atoms with Gasteiger partial charge in [0.2, 0.25) is 5.91 Å². The van der Waals surface area contributed by atoms with Gasteiger partial charge in [-0.15, -0.1) is 11.3 Å².